The van der Waals surface area contributed by atoms with E-state index in [0.29, 0.717) is 24.9 Å². The van der Waals surface area contributed by atoms with Crippen LogP contribution in [-0.2, 0) is 11.2 Å². The molecule has 5 nitrogen and oxygen atoms in total. The molecule has 1 aromatic rings. The fraction of sp³-hybridized carbons (Fsp3) is 0.462. The number of carbonyl (C=O) groups excluding carboxylic acids is 1. The van der Waals surface area contributed by atoms with E-state index in [1.807, 2.05) is 6.07 Å². The van der Waals surface area contributed by atoms with Gasteiger partial charge in [-0.05, 0) is 30.7 Å². The molecule has 2 aliphatic rings. The van der Waals surface area contributed by atoms with Gasteiger partial charge in [0.15, 0.2) is 0 Å². The van der Waals surface area contributed by atoms with E-state index >= 15 is 0 Å². The second-order valence-corrected chi connectivity index (χ2v) is 5.10. The number of anilines is 1. The topological polar surface area (TPSA) is 79.2 Å². The highest BCUT2D eigenvalue weighted by Gasteiger charge is 2.33. The number of benzene rings is 1. The summed E-state index contributed by atoms with van der Waals surface area (Å²) in [4.78, 5) is 11.3. The minimum atomic E-state index is 0.0726. The molecule has 0 spiro atoms. The molecular weight excluding hydrogens is 228 g/mol. The smallest absolute Gasteiger partial charge is 0.228 e. The molecule has 0 aliphatic carbocycles. The summed E-state index contributed by atoms with van der Waals surface area (Å²) < 4.78 is 0. The molecule has 5 N–H and O–H groups in total. The van der Waals surface area contributed by atoms with E-state index in [4.69, 9.17) is 5.73 Å². The van der Waals surface area contributed by atoms with Crippen molar-refractivity contribution in [1.29, 1.82) is 0 Å². The van der Waals surface area contributed by atoms with Gasteiger partial charge in [0, 0.05) is 17.6 Å². The number of hydrogen-bond acceptors (Lipinski definition) is 4. The zero-order chi connectivity index (χ0) is 12.7. The molecule has 5 heteroatoms. The fourth-order valence-corrected chi connectivity index (χ4v) is 2.84. The average molecular weight is 246 g/mol. The average Bonchev–Trinajstić information content (AvgIpc) is 2.89. The first kappa shape index (κ1) is 11.6. The third-order valence-corrected chi connectivity index (χ3v) is 3.92. The largest absolute Gasteiger partial charge is 0.330 e. The zero-order valence-corrected chi connectivity index (χ0v) is 10.4. The van der Waals surface area contributed by atoms with E-state index in [9.17, 15) is 4.79 Å². The Morgan fingerprint density at radius 3 is 3.00 bits per heavy atom. The summed E-state index contributed by atoms with van der Waals surface area (Å²) in [5.41, 5.74) is 15.6. The summed E-state index contributed by atoms with van der Waals surface area (Å²) in [7, 11) is 0. The van der Waals surface area contributed by atoms with Crippen molar-refractivity contribution in [2.24, 2.45) is 11.7 Å². The maximum Gasteiger partial charge on any atom is 0.228 e. The lowest BCUT2D eigenvalue weighted by molar-refractivity contribution is -0.115. The highest BCUT2D eigenvalue weighted by atomic mass is 16.1. The van der Waals surface area contributed by atoms with Gasteiger partial charge in [0.05, 0.1) is 12.5 Å². The van der Waals surface area contributed by atoms with Crippen LogP contribution in [0, 0.1) is 5.92 Å². The highest BCUT2D eigenvalue weighted by molar-refractivity contribution is 5.99. The molecule has 0 bridgehead atoms. The molecule has 0 aromatic heterocycles. The van der Waals surface area contributed by atoms with Crippen LogP contribution in [0.25, 0.3) is 0 Å². The summed E-state index contributed by atoms with van der Waals surface area (Å²) in [6.07, 6.45) is 0.478. The number of hydrazine groups is 1. The molecule has 3 rings (SSSR count). The van der Waals surface area contributed by atoms with Crippen LogP contribution in [0.4, 0.5) is 5.69 Å². The van der Waals surface area contributed by atoms with E-state index in [2.05, 4.69) is 35.2 Å². The Morgan fingerprint density at radius 2 is 2.22 bits per heavy atom. The molecule has 96 valence electrons. The molecule has 3 atom stereocenters. The molecule has 1 fully saturated rings. The first-order valence-electron chi connectivity index (χ1n) is 6.33. The Hall–Kier alpha value is -1.43. The monoisotopic (exact) mass is 246 g/mol. The number of carbonyl (C=O) groups is 1. The van der Waals surface area contributed by atoms with Crippen LogP contribution in [-0.4, -0.2) is 18.5 Å². The first-order valence-corrected chi connectivity index (χ1v) is 6.33. The van der Waals surface area contributed by atoms with Crippen molar-refractivity contribution in [2.45, 2.75) is 25.4 Å². The standard InChI is InChI=1S/C13H18N4O/c1-7-10(6-14)13(17-16-7)8-2-3-11-9(4-8)5-12(18)15-11/h2-4,7,10,13,16-17H,5-6,14H2,1H3,(H,15,18). The minimum Gasteiger partial charge on any atom is -0.330 e. The summed E-state index contributed by atoms with van der Waals surface area (Å²) >= 11 is 0. The lowest BCUT2D eigenvalue weighted by Crippen LogP contribution is -2.30. The van der Waals surface area contributed by atoms with Gasteiger partial charge in [0.25, 0.3) is 0 Å². The Kier molecular flexibility index (Phi) is 2.81. The van der Waals surface area contributed by atoms with Crippen molar-refractivity contribution in [3.8, 4) is 0 Å². The Bertz CT molecular complexity index is 488. The first-order chi connectivity index (χ1) is 8.69. The van der Waals surface area contributed by atoms with E-state index in [1.165, 1.54) is 5.56 Å². The molecular formula is C13H18N4O. The molecule has 0 saturated carbocycles. The lowest BCUT2D eigenvalue weighted by atomic mass is 9.89. The van der Waals surface area contributed by atoms with Crippen LogP contribution in [0.3, 0.4) is 0 Å². The second-order valence-electron chi connectivity index (χ2n) is 5.10. The van der Waals surface area contributed by atoms with Gasteiger partial charge < -0.3 is 11.1 Å². The predicted molar refractivity (Wildman–Crippen MR) is 69.8 cm³/mol. The second kappa shape index (κ2) is 4.35. The van der Waals surface area contributed by atoms with E-state index in [-0.39, 0.29) is 11.9 Å². The number of rotatable bonds is 2. The van der Waals surface area contributed by atoms with Gasteiger partial charge >= 0.3 is 0 Å². The van der Waals surface area contributed by atoms with Crippen molar-refractivity contribution < 1.29 is 4.79 Å². The fourth-order valence-electron chi connectivity index (χ4n) is 2.84. The lowest BCUT2D eigenvalue weighted by Gasteiger charge is -2.19. The number of amides is 1. The van der Waals surface area contributed by atoms with Crippen LogP contribution in [0.2, 0.25) is 0 Å². The van der Waals surface area contributed by atoms with E-state index in [1.54, 1.807) is 0 Å². The van der Waals surface area contributed by atoms with Crippen LogP contribution < -0.4 is 21.9 Å². The van der Waals surface area contributed by atoms with Gasteiger partial charge in [-0.25, -0.2) is 5.43 Å². The van der Waals surface area contributed by atoms with Gasteiger partial charge in [-0.2, -0.15) is 0 Å². The summed E-state index contributed by atoms with van der Waals surface area (Å²) in [5, 5.41) is 2.85. The molecule has 2 aliphatic heterocycles. The Balaban J connectivity index is 1.90. The minimum absolute atomic E-state index is 0.0726. The van der Waals surface area contributed by atoms with Crippen LogP contribution in [0.15, 0.2) is 18.2 Å². The number of nitrogens with one attached hydrogen (secondary N) is 3. The van der Waals surface area contributed by atoms with Gasteiger partial charge in [0.1, 0.15) is 0 Å². The predicted octanol–water partition coefficient (Wildman–Crippen LogP) is 0.294. The van der Waals surface area contributed by atoms with Crippen molar-refractivity contribution >= 4 is 11.6 Å². The molecule has 1 saturated heterocycles. The molecule has 1 aromatic carbocycles. The van der Waals surface area contributed by atoms with Crippen LogP contribution >= 0.6 is 0 Å². The van der Waals surface area contributed by atoms with Crippen LogP contribution in [0.5, 0.6) is 0 Å². The van der Waals surface area contributed by atoms with Gasteiger partial charge in [-0.15, -0.1) is 0 Å². The van der Waals surface area contributed by atoms with Gasteiger partial charge in [-0.1, -0.05) is 12.1 Å². The number of nitrogens with two attached hydrogens (primary N) is 1. The summed E-state index contributed by atoms with van der Waals surface area (Å²) in [6.45, 7) is 2.77. The molecule has 18 heavy (non-hydrogen) atoms. The molecule has 1 amide bonds. The van der Waals surface area contributed by atoms with Crippen molar-refractivity contribution in [3.63, 3.8) is 0 Å². The van der Waals surface area contributed by atoms with Crippen molar-refractivity contribution in [2.75, 3.05) is 11.9 Å². The van der Waals surface area contributed by atoms with Crippen molar-refractivity contribution in [1.82, 2.24) is 10.9 Å². The quantitative estimate of drug-likeness (QED) is 0.605. The zero-order valence-electron chi connectivity index (χ0n) is 10.4. The van der Waals surface area contributed by atoms with Gasteiger partial charge in [-0.3, -0.25) is 10.2 Å². The molecule has 2 heterocycles. The van der Waals surface area contributed by atoms with Crippen molar-refractivity contribution in [3.05, 3.63) is 29.3 Å². The molecule has 3 unspecified atom stereocenters. The van der Waals surface area contributed by atoms with Gasteiger partial charge in [0.2, 0.25) is 5.91 Å². The summed E-state index contributed by atoms with van der Waals surface area (Å²) in [6, 6.07) is 6.71. The number of hydrogen-bond donors (Lipinski definition) is 4. The third-order valence-electron chi connectivity index (χ3n) is 3.92. The third kappa shape index (κ3) is 1.80. The SMILES string of the molecule is CC1NNC(c2ccc3c(c2)CC(=O)N3)C1CN. The number of fused-ring (bicyclic) bond motifs is 1. The normalized spacial score (nSPS) is 30.3. The summed E-state index contributed by atoms with van der Waals surface area (Å²) in [5.74, 6) is 0.441. The highest BCUT2D eigenvalue weighted by Crippen LogP contribution is 2.32. The maximum atomic E-state index is 11.3. The van der Waals surface area contributed by atoms with E-state index in [0.717, 1.165) is 11.3 Å². The Labute approximate surface area is 106 Å². The van der Waals surface area contributed by atoms with Crippen LogP contribution in [0.1, 0.15) is 24.1 Å². The van der Waals surface area contributed by atoms with E-state index < -0.39 is 0 Å². The molecule has 0 radical (unpaired) electrons. The Morgan fingerprint density at radius 1 is 1.39 bits per heavy atom. The maximum absolute atomic E-state index is 11.3.